The summed E-state index contributed by atoms with van der Waals surface area (Å²) in [5.74, 6) is 1.98. The van der Waals surface area contributed by atoms with Crippen molar-refractivity contribution in [3.05, 3.63) is 11.9 Å². The van der Waals surface area contributed by atoms with Gasteiger partial charge >= 0.3 is 0 Å². The zero-order chi connectivity index (χ0) is 13.0. The molecule has 1 aliphatic rings. The third-order valence-corrected chi connectivity index (χ3v) is 3.20. The minimum Gasteiger partial charge on any atom is -0.383 e. The Morgan fingerprint density at radius 1 is 1.44 bits per heavy atom. The second-order valence-corrected chi connectivity index (χ2v) is 4.62. The minimum absolute atomic E-state index is 0.628. The number of anilines is 2. The number of aromatic nitrogens is 2. The van der Waals surface area contributed by atoms with Gasteiger partial charge in [0.1, 0.15) is 18.0 Å². The molecule has 1 N–H and O–H groups in total. The number of nitrogens with one attached hydrogen (secondary N) is 1. The Balaban J connectivity index is 2.20. The molecule has 0 saturated heterocycles. The molecule has 0 spiro atoms. The summed E-state index contributed by atoms with van der Waals surface area (Å²) in [6, 6.07) is 0.628. The maximum absolute atomic E-state index is 5.19. The maximum Gasteiger partial charge on any atom is 0.137 e. The Morgan fingerprint density at radius 2 is 2.22 bits per heavy atom. The van der Waals surface area contributed by atoms with Crippen molar-refractivity contribution >= 4 is 11.6 Å². The summed E-state index contributed by atoms with van der Waals surface area (Å²) in [4.78, 5) is 11.1. The van der Waals surface area contributed by atoms with E-state index in [0.717, 1.165) is 36.9 Å². The number of rotatable bonds is 7. The predicted molar refractivity (Wildman–Crippen MR) is 73.2 cm³/mol. The van der Waals surface area contributed by atoms with Crippen LogP contribution >= 0.6 is 0 Å². The van der Waals surface area contributed by atoms with E-state index in [1.807, 2.05) is 0 Å². The molecule has 1 heterocycles. The first-order chi connectivity index (χ1) is 8.77. The van der Waals surface area contributed by atoms with Crippen molar-refractivity contribution in [2.75, 3.05) is 37.0 Å². The molecule has 0 amide bonds. The van der Waals surface area contributed by atoms with E-state index in [1.54, 1.807) is 13.4 Å². The number of hydrogen-bond acceptors (Lipinski definition) is 5. The van der Waals surface area contributed by atoms with Gasteiger partial charge in [-0.2, -0.15) is 0 Å². The molecule has 100 valence electrons. The topological polar surface area (TPSA) is 50.3 Å². The first kappa shape index (κ1) is 13.1. The van der Waals surface area contributed by atoms with Crippen LogP contribution in [0.15, 0.2) is 6.33 Å². The smallest absolute Gasteiger partial charge is 0.137 e. The van der Waals surface area contributed by atoms with Crippen molar-refractivity contribution in [2.45, 2.75) is 32.7 Å². The summed E-state index contributed by atoms with van der Waals surface area (Å²) < 4.78 is 5.19. The summed E-state index contributed by atoms with van der Waals surface area (Å²) in [5, 5.41) is 3.28. The molecule has 0 atom stereocenters. The van der Waals surface area contributed by atoms with Gasteiger partial charge in [-0.05, 0) is 26.7 Å². The van der Waals surface area contributed by atoms with Gasteiger partial charge in [-0.1, -0.05) is 0 Å². The lowest BCUT2D eigenvalue weighted by atomic mass is 10.2. The van der Waals surface area contributed by atoms with Gasteiger partial charge in [-0.25, -0.2) is 9.97 Å². The van der Waals surface area contributed by atoms with Crippen LogP contribution in [0, 0.1) is 6.92 Å². The van der Waals surface area contributed by atoms with Crippen molar-refractivity contribution in [3.63, 3.8) is 0 Å². The first-order valence-corrected chi connectivity index (χ1v) is 6.59. The van der Waals surface area contributed by atoms with Gasteiger partial charge in [-0.3, -0.25) is 0 Å². The van der Waals surface area contributed by atoms with Crippen LogP contribution in [0.25, 0.3) is 0 Å². The van der Waals surface area contributed by atoms with E-state index in [1.165, 1.54) is 12.8 Å². The zero-order valence-corrected chi connectivity index (χ0v) is 11.4. The second-order valence-electron chi connectivity index (χ2n) is 4.62. The third-order valence-electron chi connectivity index (χ3n) is 3.20. The highest BCUT2D eigenvalue weighted by Crippen LogP contribution is 2.33. The molecule has 5 heteroatoms. The van der Waals surface area contributed by atoms with E-state index < -0.39 is 0 Å². The molecule has 2 rings (SSSR count). The number of nitrogens with zero attached hydrogens (tertiary/aromatic N) is 3. The Morgan fingerprint density at radius 3 is 2.83 bits per heavy atom. The van der Waals surface area contributed by atoms with Crippen LogP contribution < -0.4 is 10.2 Å². The zero-order valence-electron chi connectivity index (χ0n) is 11.4. The molecule has 0 aromatic carbocycles. The van der Waals surface area contributed by atoms with E-state index >= 15 is 0 Å². The van der Waals surface area contributed by atoms with Crippen LogP contribution in [0.4, 0.5) is 11.6 Å². The van der Waals surface area contributed by atoms with E-state index in [-0.39, 0.29) is 0 Å². The Labute approximate surface area is 109 Å². The summed E-state index contributed by atoms with van der Waals surface area (Å²) in [6.07, 6.45) is 4.15. The van der Waals surface area contributed by atoms with E-state index in [9.17, 15) is 0 Å². The predicted octanol–water partition coefficient (Wildman–Crippen LogP) is 1.83. The first-order valence-electron chi connectivity index (χ1n) is 6.59. The molecule has 0 bridgehead atoms. The molecule has 5 nitrogen and oxygen atoms in total. The summed E-state index contributed by atoms with van der Waals surface area (Å²) in [7, 11) is 1.74. The Hall–Kier alpha value is -1.36. The van der Waals surface area contributed by atoms with Crippen molar-refractivity contribution in [3.8, 4) is 0 Å². The average molecular weight is 250 g/mol. The molecule has 0 aliphatic heterocycles. The molecule has 18 heavy (non-hydrogen) atoms. The van der Waals surface area contributed by atoms with E-state index in [0.29, 0.717) is 6.04 Å². The van der Waals surface area contributed by atoms with Gasteiger partial charge in [0.15, 0.2) is 0 Å². The van der Waals surface area contributed by atoms with Gasteiger partial charge in [0.2, 0.25) is 0 Å². The van der Waals surface area contributed by atoms with Crippen molar-refractivity contribution in [1.82, 2.24) is 9.97 Å². The fraction of sp³-hybridized carbons (Fsp3) is 0.692. The van der Waals surface area contributed by atoms with Crippen LogP contribution in [-0.2, 0) is 4.74 Å². The largest absolute Gasteiger partial charge is 0.383 e. The minimum atomic E-state index is 0.628. The molecule has 0 radical (unpaired) electrons. The Kier molecular flexibility index (Phi) is 4.36. The highest BCUT2D eigenvalue weighted by molar-refractivity contribution is 5.58. The fourth-order valence-electron chi connectivity index (χ4n) is 2.11. The molecule has 1 saturated carbocycles. The van der Waals surface area contributed by atoms with Crippen LogP contribution in [0.3, 0.4) is 0 Å². The SMILES string of the molecule is CCNc1ncnc(N(CCOC)C2CC2)c1C. The lowest BCUT2D eigenvalue weighted by Gasteiger charge is -2.25. The second kappa shape index (κ2) is 6.00. The van der Waals surface area contributed by atoms with Crippen LogP contribution in [0.1, 0.15) is 25.3 Å². The van der Waals surface area contributed by atoms with Crippen molar-refractivity contribution in [2.24, 2.45) is 0 Å². The fourth-order valence-corrected chi connectivity index (χ4v) is 2.11. The summed E-state index contributed by atoms with van der Waals surface area (Å²) >= 11 is 0. The van der Waals surface area contributed by atoms with E-state index in [2.05, 4.69) is 34.0 Å². The average Bonchev–Trinajstić information content (AvgIpc) is 3.19. The van der Waals surface area contributed by atoms with Gasteiger partial charge in [0, 0.05) is 31.8 Å². The van der Waals surface area contributed by atoms with Gasteiger partial charge in [0.25, 0.3) is 0 Å². The molecule has 0 unspecified atom stereocenters. The summed E-state index contributed by atoms with van der Waals surface area (Å²) in [6.45, 7) is 6.65. The maximum atomic E-state index is 5.19. The highest BCUT2D eigenvalue weighted by Gasteiger charge is 2.31. The van der Waals surface area contributed by atoms with Crippen LogP contribution in [0.5, 0.6) is 0 Å². The lowest BCUT2D eigenvalue weighted by Crippen LogP contribution is -2.31. The quantitative estimate of drug-likeness (QED) is 0.800. The lowest BCUT2D eigenvalue weighted by molar-refractivity contribution is 0.204. The molecule has 1 aromatic rings. The molecular weight excluding hydrogens is 228 g/mol. The molecule has 1 aromatic heterocycles. The van der Waals surface area contributed by atoms with Crippen molar-refractivity contribution < 1.29 is 4.74 Å². The highest BCUT2D eigenvalue weighted by atomic mass is 16.5. The molecular formula is C13H22N4O. The Bertz CT molecular complexity index is 393. The molecule has 1 aliphatic carbocycles. The number of ether oxygens (including phenoxy) is 1. The van der Waals surface area contributed by atoms with E-state index in [4.69, 9.17) is 4.74 Å². The summed E-state index contributed by atoms with van der Waals surface area (Å²) in [5.41, 5.74) is 1.13. The van der Waals surface area contributed by atoms with Gasteiger partial charge < -0.3 is 15.0 Å². The monoisotopic (exact) mass is 250 g/mol. The normalized spacial score (nSPS) is 14.6. The molecule has 1 fully saturated rings. The third kappa shape index (κ3) is 2.90. The van der Waals surface area contributed by atoms with Crippen LogP contribution in [0.2, 0.25) is 0 Å². The number of methoxy groups -OCH3 is 1. The van der Waals surface area contributed by atoms with Crippen LogP contribution in [-0.4, -0.2) is 42.8 Å². The van der Waals surface area contributed by atoms with Gasteiger partial charge in [0.05, 0.1) is 6.61 Å². The van der Waals surface area contributed by atoms with Crippen molar-refractivity contribution in [1.29, 1.82) is 0 Å². The standard InChI is InChI=1S/C13H22N4O/c1-4-14-12-10(2)13(16-9-15-12)17(7-8-18-3)11-5-6-11/h9,11H,4-8H2,1-3H3,(H,14,15,16). The van der Waals surface area contributed by atoms with Gasteiger partial charge in [-0.15, -0.1) is 0 Å². The number of hydrogen-bond donors (Lipinski definition) is 1.